The molecule has 1 amide bonds. The fourth-order valence-electron chi connectivity index (χ4n) is 1.74. The maximum absolute atomic E-state index is 11.4. The summed E-state index contributed by atoms with van der Waals surface area (Å²) in [5, 5.41) is 8.62. The molecule has 0 radical (unpaired) electrons. The number of nitrogens with zero attached hydrogens (tertiary/aromatic N) is 1. The Bertz CT molecular complexity index is 173. The molecule has 0 bridgehead atoms. The molecule has 4 heteroatoms. The van der Waals surface area contributed by atoms with Crippen LogP contribution in [0.3, 0.4) is 0 Å². The number of amides is 1. The molecule has 0 spiro atoms. The Kier molecular flexibility index (Phi) is 4.18. The van der Waals surface area contributed by atoms with Crippen LogP contribution >= 0.6 is 0 Å². The summed E-state index contributed by atoms with van der Waals surface area (Å²) in [6, 6.07) is 0. The van der Waals surface area contributed by atoms with Crippen molar-refractivity contribution in [1.82, 2.24) is 4.90 Å². The average molecular weight is 186 g/mol. The van der Waals surface area contributed by atoms with Crippen molar-refractivity contribution in [3.05, 3.63) is 0 Å². The van der Waals surface area contributed by atoms with E-state index >= 15 is 0 Å². The predicted octanol–water partition coefficient (Wildman–Crippen LogP) is -0.434. The number of hydrogen-bond donors (Lipinski definition) is 2. The molecule has 3 N–H and O–H groups in total. The Morgan fingerprint density at radius 2 is 2.38 bits per heavy atom. The van der Waals surface area contributed by atoms with Gasteiger partial charge in [0, 0.05) is 19.5 Å². The molecule has 4 nitrogen and oxygen atoms in total. The molecule has 1 aliphatic rings. The minimum atomic E-state index is -0.0530. The van der Waals surface area contributed by atoms with Gasteiger partial charge in [-0.2, -0.15) is 0 Å². The molecule has 1 atom stereocenters. The highest BCUT2D eigenvalue weighted by atomic mass is 16.3. The summed E-state index contributed by atoms with van der Waals surface area (Å²) in [5.74, 6) is 0.511. The Morgan fingerprint density at radius 3 is 3.00 bits per heavy atom. The van der Waals surface area contributed by atoms with E-state index in [1.165, 1.54) is 0 Å². The molecular formula is C9H18N2O2. The van der Waals surface area contributed by atoms with Crippen LogP contribution in [0.5, 0.6) is 0 Å². The van der Waals surface area contributed by atoms with Crippen LogP contribution < -0.4 is 5.73 Å². The molecule has 1 unspecified atom stereocenters. The first-order valence-electron chi connectivity index (χ1n) is 4.86. The second-order valence-corrected chi connectivity index (χ2v) is 3.56. The van der Waals surface area contributed by atoms with Crippen molar-refractivity contribution in [2.75, 3.05) is 26.2 Å². The quantitative estimate of drug-likeness (QED) is 0.628. The average Bonchev–Trinajstić information content (AvgIpc) is 2.18. The number of likely N-dealkylation sites (tertiary alicyclic amines) is 1. The number of piperidine rings is 1. The number of aliphatic hydroxyl groups is 1. The highest BCUT2D eigenvalue weighted by molar-refractivity contribution is 5.76. The van der Waals surface area contributed by atoms with E-state index in [9.17, 15) is 4.79 Å². The summed E-state index contributed by atoms with van der Waals surface area (Å²) in [7, 11) is 0. The highest BCUT2D eigenvalue weighted by Crippen LogP contribution is 2.15. The van der Waals surface area contributed by atoms with Crippen molar-refractivity contribution >= 4 is 5.91 Å². The normalized spacial score (nSPS) is 23.2. The zero-order valence-electron chi connectivity index (χ0n) is 7.91. The first kappa shape index (κ1) is 10.5. The lowest BCUT2D eigenvalue weighted by Crippen LogP contribution is -2.42. The van der Waals surface area contributed by atoms with Crippen LogP contribution in [0.15, 0.2) is 0 Å². The molecule has 0 aromatic heterocycles. The highest BCUT2D eigenvalue weighted by Gasteiger charge is 2.21. The molecule has 1 heterocycles. The number of rotatable bonds is 3. The fraction of sp³-hybridized carbons (Fsp3) is 0.889. The number of carbonyl (C=O) groups is 1. The van der Waals surface area contributed by atoms with E-state index in [4.69, 9.17) is 10.8 Å². The minimum Gasteiger partial charge on any atom is -0.396 e. The van der Waals surface area contributed by atoms with Crippen LogP contribution in [0, 0.1) is 5.92 Å². The van der Waals surface area contributed by atoms with Crippen LogP contribution in [-0.4, -0.2) is 42.2 Å². The summed E-state index contributed by atoms with van der Waals surface area (Å²) in [4.78, 5) is 13.2. The Morgan fingerprint density at radius 1 is 1.62 bits per heavy atom. The van der Waals surface area contributed by atoms with E-state index in [1.807, 2.05) is 4.90 Å². The van der Waals surface area contributed by atoms with E-state index in [-0.39, 0.29) is 18.9 Å². The maximum Gasteiger partial charge on any atom is 0.224 e. The van der Waals surface area contributed by atoms with Gasteiger partial charge in [0.05, 0.1) is 6.61 Å². The van der Waals surface area contributed by atoms with Gasteiger partial charge in [-0.1, -0.05) is 0 Å². The standard InChI is InChI=1S/C9H18N2O2/c10-6-8-2-1-4-11(7-8)9(13)3-5-12/h8,12H,1-7,10H2. The van der Waals surface area contributed by atoms with Crippen molar-refractivity contribution in [1.29, 1.82) is 0 Å². The van der Waals surface area contributed by atoms with Crippen LogP contribution in [0.4, 0.5) is 0 Å². The largest absolute Gasteiger partial charge is 0.396 e. The molecular weight excluding hydrogens is 168 g/mol. The molecule has 13 heavy (non-hydrogen) atoms. The van der Waals surface area contributed by atoms with Crippen molar-refractivity contribution in [2.24, 2.45) is 11.7 Å². The second-order valence-electron chi connectivity index (χ2n) is 3.56. The van der Waals surface area contributed by atoms with Gasteiger partial charge in [0.15, 0.2) is 0 Å². The number of nitrogens with two attached hydrogens (primary N) is 1. The van der Waals surface area contributed by atoms with E-state index in [0.717, 1.165) is 25.9 Å². The van der Waals surface area contributed by atoms with Crippen LogP contribution in [-0.2, 0) is 4.79 Å². The van der Waals surface area contributed by atoms with Gasteiger partial charge in [0.2, 0.25) is 5.91 Å². The SMILES string of the molecule is NCC1CCCN(C(=O)CCO)C1. The first-order chi connectivity index (χ1) is 6.27. The van der Waals surface area contributed by atoms with Gasteiger partial charge in [-0.15, -0.1) is 0 Å². The Hall–Kier alpha value is -0.610. The molecule has 1 saturated heterocycles. The third-order valence-electron chi connectivity index (χ3n) is 2.53. The summed E-state index contributed by atoms with van der Waals surface area (Å²) in [6.07, 6.45) is 2.41. The lowest BCUT2D eigenvalue weighted by molar-refractivity contribution is -0.133. The van der Waals surface area contributed by atoms with Crippen LogP contribution in [0.2, 0.25) is 0 Å². The molecule has 0 saturated carbocycles. The van der Waals surface area contributed by atoms with Crippen LogP contribution in [0.1, 0.15) is 19.3 Å². The predicted molar refractivity (Wildman–Crippen MR) is 50.1 cm³/mol. The second kappa shape index (κ2) is 5.19. The zero-order valence-corrected chi connectivity index (χ0v) is 7.91. The summed E-state index contributed by atoms with van der Waals surface area (Å²) < 4.78 is 0. The molecule has 0 aliphatic carbocycles. The van der Waals surface area contributed by atoms with Crippen molar-refractivity contribution in [3.8, 4) is 0 Å². The topological polar surface area (TPSA) is 66.6 Å². The smallest absolute Gasteiger partial charge is 0.224 e. The molecule has 76 valence electrons. The zero-order chi connectivity index (χ0) is 9.68. The first-order valence-corrected chi connectivity index (χ1v) is 4.86. The van der Waals surface area contributed by atoms with Crippen molar-refractivity contribution < 1.29 is 9.90 Å². The number of carbonyl (C=O) groups excluding carboxylic acids is 1. The van der Waals surface area contributed by atoms with Gasteiger partial charge in [0.25, 0.3) is 0 Å². The molecule has 0 aromatic carbocycles. The summed E-state index contributed by atoms with van der Waals surface area (Å²) in [5.41, 5.74) is 5.55. The lowest BCUT2D eigenvalue weighted by Gasteiger charge is -2.32. The van der Waals surface area contributed by atoms with E-state index in [0.29, 0.717) is 12.5 Å². The van der Waals surface area contributed by atoms with Crippen molar-refractivity contribution in [2.45, 2.75) is 19.3 Å². The maximum atomic E-state index is 11.4. The van der Waals surface area contributed by atoms with Gasteiger partial charge in [-0.05, 0) is 25.3 Å². The van der Waals surface area contributed by atoms with E-state index in [2.05, 4.69) is 0 Å². The van der Waals surface area contributed by atoms with Gasteiger partial charge >= 0.3 is 0 Å². The summed E-state index contributed by atoms with van der Waals surface area (Å²) >= 11 is 0. The molecule has 0 aromatic rings. The monoisotopic (exact) mass is 186 g/mol. The number of hydrogen-bond acceptors (Lipinski definition) is 3. The van der Waals surface area contributed by atoms with Crippen molar-refractivity contribution in [3.63, 3.8) is 0 Å². The number of aliphatic hydroxyl groups excluding tert-OH is 1. The van der Waals surface area contributed by atoms with Gasteiger partial charge < -0.3 is 15.7 Å². The van der Waals surface area contributed by atoms with E-state index < -0.39 is 0 Å². The third kappa shape index (κ3) is 2.97. The van der Waals surface area contributed by atoms with Gasteiger partial charge in [-0.25, -0.2) is 0 Å². The lowest BCUT2D eigenvalue weighted by atomic mass is 9.98. The fourth-order valence-corrected chi connectivity index (χ4v) is 1.74. The minimum absolute atomic E-state index is 0.0530. The van der Waals surface area contributed by atoms with Gasteiger partial charge in [-0.3, -0.25) is 4.79 Å². The molecule has 1 fully saturated rings. The third-order valence-corrected chi connectivity index (χ3v) is 2.53. The van der Waals surface area contributed by atoms with Gasteiger partial charge in [0.1, 0.15) is 0 Å². The Balaban J connectivity index is 2.37. The van der Waals surface area contributed by atoms with Crippen LogP contribution in [0.25, 0.3) is 0 Å². The molecule has 1 aliphatic heterocycles. The van der Waals surface area contributed by atoms with E-state index in [1.54, 1.807) is 0 Å². The molecule has 1 rings (SSSR count). The summed E-state index contributed by atoms with van der Waals surface area (Å²) in [6.45, 7) is 2.20. The Labute approximate surface area is 78.7 Å².